The first kappa shape index (κ1) is 11.6. The third-order valence-corrected chi connectivity index (χ3v) is 3.60. The standard InChI is InChI=1S/C12H21N3O/c1-9-10(7-15(3)14-9)6-13-12(2,8-16)11-4-5-11/h7,11,13,16H,4-6,8H2,1-3H3. The molecular formula is C12H21N3O. The van der Waals surface area contributed by atoms with Crippen LogP contribution < -0.4 is 5.32 Å². The van der Waals surface area contributed by atoms with Gasteiger partial charge in [-0.1, -0.05) is 0 Å². The summed E-state index contributed by atoms with van der Waals surface area (Å²) in [6.07, 6.45) is 4.50. The number of aliphatic hydroxyl groups excluding tert-OH is 1. The molecule has 0 aromatic carbocycles. The highest BCUT2D eigenvalue weighted by atomic mass is 16.3. The molecule has 1 fully saturated rings. The van der Waals surface area contributed by atoms with E-state index in [-0.39, 0.29) is 12.1 Å². The summed E-state index contributed by atoms with van der Waals surface area (Å²) in [6, 6.07) is 0. The van der Waals surface area contributed by atoms with E-state index in [1.54, 1.807) is 0 Å². The normalized spacial score (nSPS) is 19.8. The average molecular weight is 223 g/mol. The van der Waals surface area contributed by atoms with Crippen molar-refractivity contribution in [3.63, 3.8) is 0 Å². The third-order valence-electron chi connectivity index (χ3n) is 3.60. The van der Waals surface area contributed by atoms with Gasteiger partial charge in [-0.15, -0.1) is 0 Å². The zero-order chi connectivity index (χ0) is 11.8. The first-order chi connectivity index (χ1) is 7.55. The molecule has 0 bridgehead atoms. The van der Waals surface area contributed by atoms with Crippen LogP contribution in [0.2, 0.25) is 0 Å². The van der Waals surface area contributed by atoms with Crippen LogP contribution in [0, 0.1) is 12.8 Å². The number of hydrogen-bond donors (Lipinski definition) is 2. The molecule has 1 unspecified atom stereocenters. The van der Waals surface area contributed by atoms with Gasteiger partial charge in [0.15, 0.2) is 0 Å². The maximum atomic E-state index is 9.46. The van der Waals surface area contributed by atoms with Crippen molar-refractivity contribution in [1.29, 1.82) is 0 Å². The average Bonchev–Trinajstić information content (AvgIpc) is 3.03. The second-order valence-electron chi connectivity index (χ2n) is 5.12. The summed E-state index contributed by atoms with van der Waals surface area (Å²) in [4.78, 5) is 0. The summed E-state index contributed by atoms with van der Waals surface area (Å²) < 4.78 is 1.83. The zero-order valence-electron chi connectivity index (χ0n) is 10.3. The Morgan fingerprint density at radius 1 is 1.62 bits per heavy atom. The molecule has 1 aromatic rings. The van der Waals surface area contributed by atoms with E-state index >= 15 is 0 Å². The quantitative estimate of drug-likeness (QED) is 0.782. The lowest BCUT2D eigenvalue weighted by molar-refractivity contribution is 0.153. The molecule has 0 amide bonds. The van der Waals surface area contributed by atoms with Crippen molar-refractivity contribution < 1.29 is 5.11 Å². The number of aliphatic hydroxyl groups is 1. The first-order valence-corrected chi connectivity index (χ1v) is 5.90. The number of aromatic nitrogens is 2. The Hall–Kier alpha value is -0.870. The lowest BCUT2D eigenvalue weighted by atomic mass is 9.96. The van der Waals surface area contributed by atoms with Crippen LogP contribution in [0.5, 0.6) is 0 Å². The van der Waals surface area contributed by atoms with E-state index < -0.39 is 0 Å². The SMILES string of the molecule is Cc1nn(C)cc1CNC(C)(CO)C1CC1. The van der Waals surface area contributed by atoms with Gasteiger partial charge in [0.1, 0.15) is 0 Å². The van der Waals surface area contributed by atoms with Crippen LogP contribution >= 0.6 is 0 Å². The van der Waals surface area contributed by atoms with Crippen LogP contribution in [0.25, 0.3) is 0 Å². The maximum absolute atomic E-state index is 9.46. The fraction of sp³-hybridized carbons (Fsp3) is 0.750. The van der Waals surface area contributed by atoms with E-state index in [0.29, 0.717) is 5.92 Å². The molecule has 0 saturated heterocycles. The van der Waals surface area contributed by atoms with Gasteiger partial charge in [-0.2, -0.15) is 5.10 Å². The fourth-order valence-electron chi connectivity index (χ4n) is 2.17. The predicted octanol–water partition coefficient (Wildman–Crippen LogP) is 0.979. The van der Waals surface area contributed by atoms with Crippen molar-refractivity contribution in [2.75, 3.05) is 6.61 Å². The van der Waals surface area contributed by atoms with Gasteiger partial charge in [0, 0.05) is 30.9 Å². The summed E-state index contributed by atoms with van der Waals surface area (Å²) in [5.74, 6) is 0.634. The van der Waals surface area contributed by atoms with Gasteiger partial charge in [0.2, 0.25) is 0 Å². The summed E-state index contributed by atoms with van der Waals surface area (Å²) in [5, 5.41) is 17.3. The van der Waals surface area contributed by atoms with Gasteiger partial charge >= 0.3 is 0 Å². The van der Waals surface area contributed by atoms with Crippen molar-refractivity contribution in [3.05, 3.63) is 17.5 Å². The van der Waals surface area contributed by atoms with Gasteiger partial charge < -0.3 is 10.4 Å². The minimum atomic E-state index is -0.123. The van der Waals surface area contributed by atoms with Crippen LogP contribution in [0.4, 0.5) is 0 Å². The molecule has 4 nitrogen and oxygen atoms in total. The molecule has 2 rings (SSSR count). The molecule has 1 saturated carbocycles. The molecular weight excluding hydrogens is 202 g/mol. The van der Waals surface area contributed by atoms with E-state index in [1.165, 1.54) is 18.4 Å². The Kier molecular flexibility index (Phi) is 3.04. The van der Waals surface area contributed by atoms with Crippen molar-refractivity contribution in [3.8, 4) is 0 Å². The van der Waals surface area contributed by atoms with Gasteiger partial charge in [-0.05, 0) is 32.6 Å². The Bertz CT molecular complexity index is 370. The highest BCUT2D eigenvalue weighted by Gasteiger charge is 2.40. The Balaban J connectivity index is 1.98. The molecule has 90 valence electrons. The molecule has 2 N–H and O–H groups in total. The molecule has 1 atom stereocenters. The van der Waals surface area contributed by atoms with E-state index in [4.69, 9.17) is 0 Å². The highest BCUT2D eigenvalue weighted by molar-refractivity contribution is 5.15. The number of nitrogens with one attached hydrogen (secondary N) is 1. The minimum Gasteiger partial charge on any atom is -0.394 e. The number of hydrogen-bond acceptors (Lipinski definition) is 3. The molecule has 0 radical (unpaired) electrons. The fourth-order valence-corrected chi connectivity index (χ4v) is 2.17. The molecule has 1 heterocycles. The van der Waals surface area contributed by atoms with Crippen LogP contribution in [-0.2, 0) is 13.6 Å². The van der Waals surface area contributed by atoms with Gasteiger partial charge in [0.25, 0.3) is 0 Å². The lowest BCUT2D eigenvalue weighted by Gasteiger charge is -2.28. The van der Waals surface area contributed by atoms with Crippen molar-refractivity contribution in [2.24, 2.45) is 13.0 Å². The number of aryl methyl sites for hydroxylation is 2. The minimum absolute atomic E-state index is 0.123. The second kappa shape index (κ2) is 4.18. The largest absolute Gasteiger partial charge is 0.394 e. The smallest absolute Gasteiger partial charge is 0.0638 e. The summed E-state index contributed by atoms with van der Waals surface area (Å²) >= 11 is 0. The number of rotatable bonds is 5. The molecule has 16 heavy (non-hydrogen) atoms. The van der Waals surface area contributed by atoms with E-state index in [2.05, 4.69) is 17.3 Å². The van der Waals surface area contributed by atoms with Crippen LogP contribution in [0.1, 0.15) is 31.0 Å². The Labute approximate surface area is 96.7 Å². The maximum Gasteiger partial charge on any atom is 0.0638 e. The lowest BCUT2D eigenvalue weighted by Crippen LogP contribution is -2.47. The molecule has 0 spiro atoms. The highest BCUT2D eigenvalue weighted by Crippen LogP contribution is 2.39. The summed E-state index contributed by atoms with van der Waals surface area (Å²) in [5.41, 5.74) is 2.15. The van der Waals surface area contributed by atoms with Crippen molar-refractivity contribution in [1.82, 2.24) is 15.1 Å². The molecule has 1 aliphatic rings. The summed E-state index contributed by atoms with van der Waals surface area (Å²) in [6.45, 7) is 5.12. The van der Waals surface area contributed by atoms with E-state index in [1.807, 2.05) is 24.9 Å². The first-order valence-electron chi connectivity index (χ1n) is 5.90. The topological polar surface area (TPSA) is 50.1 Å². The molecule has 0 aliphatic heterocycles. The molecule has 1 aliphatic carbocycles. The Morgan fingerprint density at radius 2 is 2.31 bits per heavy atom. The van der Waals surface area contributed by atoms with Crippen LogP contribution in [0.3, 0.4) is 0 Å². The second-order valence-corrected chi connectivity index (χ2v) is 5.12. The summed E-state index contributed by atoms with van der Waals surface area (Å²) in [7, 11) is 1.93. The monoisotopic (exact) mass is 223 g/mol. The molecule has 4 heteroatoms. The van der Waals surface area contributed by atoms with E-state index in [9.17, 15) is 5.11 Å². The van der Waals surface area contributed by atoms with Crippen LogP contribution in [0.15, 0.2) is 6.20 Å². The van der Waals surface area contributed by atoms with Gasteiger partial charge in [-0.25, -0.2) is 0 Å². The van der Waals surface area contributed by atoms with Crippen molar-refractivity contribution >= 4 is 0 Å². The predicted molar refractivity (Wildman–Crippen MR) is 63.0 cm³/mol. The zero-order valence-corrected chi connectivity index (χ0v) is 10.3. The number of nitrogens with zero attached hydrogens (tertiary/aromatic N) is 2. The van der Waals surface area contributed by atoms with E-state index in [0.717, 1.165) is 12.2 Å². The third kappa shape index (κ3) is 2.28. The van der Waals surface area contributed by atoms with Crippen molar-refractivity contribution in [2.45, 2.75) is 38.8 Å². The molecule has 1 aromatic heterocycles. The Morgan fingerprint density at radius 3 is 2.75 bits per heavy atom. The van der Waals surface area contributed by atoms with Crippen LogP contribution in [-0.4, -0.2) is 27.0 Å². The van der Waals surface area contributed by atoms with Gasteiger partial charge in [0.05, 0.1) is 12.3 Å². The van der Waals surface area contributed by atoms with Gasteiger partial charge in [-0.3, -0.25) is 4.68 Å².